The molecule has 0 aliphatic heterocycles. The molecule has 7 heteroatoms. The lowest BCUT2D eigenvalue weighted by Crippen LogP contribution is -2.59. The van der Waals surface area contributed by atoms with Crippen LogP contribution in [0.2, 0.25) is 0 Å². The van der Waals surface area contributed by atoms with Crippen LogP contribution >= 0.6 is 0 Å². The maximum Gasteiger partial charge on any atom is 0.251 e. The van der Waals surface area contributed by atoms with Gasteiger partial charge < -0.3 is 5.32 Å². The Morgan fingerprint density at radius 1 is 1.00 bits per heavy atom. The topological polar surface area (TPSA) is 66.5 Å². The van der Waals surface area contributed by atoms with Crippen LogP contribution in [-0.2, 0) is 16.6 Å². The number of anilines is 1. The second-order valence-corrected chi connectivity index (χ2v) is 12.0. The van der Waals surface area contributed by atoms with Crippen LogP contribution < -0.4 is 9.62 Å². The molecular formula is C25H29FN2O3S. The third kappa shape index (κ3) is 4.15. The van der Waals surface area contributed by atoms with Crippen molar-refractivity contribution >= 4 is 21.6 Å². The van der Waals surface area contributed by atoms with Crippen molar-refractivity contribution in [1.82, 2.24) is 5.32 Å². The highest BCUT2D eigenvalue weighted by Gasteiger charge is 2.51. The van der Waals surface area contributed by atoms with Gasteiger partial charge in [0.1, 0.15) is 5.82 Å². The van der Waals surface area contributed by atoms with E-state index in [-0.39, 0.29) is 18.0 Å². The molecule has 32 heavy (non-hydrogen) atoms. The van der Waals surface area contributed by atoms with E-state index in [1.165, 1.54) is 25.3 Å². The predicted octanol–water partition coefficient (Wildman–Crippen LogP) is 4.49. The molecule has 1 amide bonds. The van der Waals surface area contributed by atoms with Crippen LogP contribution in [0.4, 0.5) is 10.1 Å². The smallest absolute Gasteiger partial charge is 0.251 e. The second-order valence-electron chi connectivity index (χ2n) is 10.1. The van der Waals surface area contributed by atoms with E-state index in [1.54, 1.807) is 42.5 Å². The summed E-state index contributed by atoms with van der Waals surface area (Å²) in [5.41, 5.74) is 1.14. The Morgan fingerprint density at radius 3 is 2.09 bits per heavy atom. The van der Waals surface area contributed by atoms with E-state index >= 15 is 0 Å². The Labute approximate surface area is 189 Å². The fourth-order valence-electron chi connectivity index (χ4n) is 6.54. The molecule has 0 aromatic heterocycles. The fourth-order valence-corrected chi connectivity index (χ4v) is 7.42. The van der Waals surface area contributed by atoms with Crippen molar-refractivity contribution in [2.45, 2.75) is 50.6 Å². The summed E-state index contributed by atoms with van der Waals surface area (Å²) in [7, 11) is -3.64. The Hall–Kier alpha value is -2.41. The lowest BCUT2D eigenvalue weighted by atomic mass is 9.53. The zero-order valence-electron chi connectivity index (χ0n) is 18.3. The zero-order chi connectivity index (χ0) is 22.5. The van der Waals surface area contributed by atoms with Crippen molar-refractivity contribution < 1.29 is 17.6 Å². The van der Waals surface area contributed by atoms with Crippen molar-refractivity contribution in [3.63, 3.8) is 0 Å². The van der Waals surface area contributed by atoms with Gasteiger partial charge in [-0.2, -0.15) is 0 Å². The van der Waals surface area contributed by atoms with Crippen molar-refractivity contribution in [3.05, 3.63) is 65.5 Å². The molecule has 0 radical (unpaired) electrons. The van der Waals surface area contributed by atoms with Crippen LogP contribution in [0.1, 0.15) is 54.4 Å². The standard InChI is InChI=1S/C25H29FN2O3S/c1-32(30,31)28(16-21-4-2-3-5-23(21)26)22-8-6-20(7-9-22)24(29)27-25-13-17-10-18(14-25)12-19(11-17)15-25/h2-9,17-19H,10-16H2,1H3,(H,27,29). The van der Waals surface area contributed by atoms with Crippen LogP contribution in [0.25, 0.3) is 0 Å². The molecule has 6 rings (SSSR count). The van der Waals surface area contributed by atoms with Gasteiger partial charge in [-0.15, -0.1) is 0 Å². The zero-order valence-corrected chi connectivity index (χ0v) is 19.1. The lowest BCUT2D eigenvalue weighted by molar-refractivity contribution is -0.0167. The van der Waals surface area contributed by atoms with Gasteiger partial charge in [0.2, 0.25) is 10.0 Å². The third-order valence-corrected chi connectivity index (χ3v) is 8.65. The van der Waals surface area contributed by atoms with E-state index < -0.39 is 15.8 Å². The molecular weight excluding hydrogens is 427 g/mol. The Bertz CT molecular complexity index is 1090. The van der Waals surface area contributed by atoms with Crippen LogP contribution in [0, 0.1) is 23.6 Å². The van der Waals surface area contributed by atoms with Gasteiger partial charge in [0.25, 0.3) is 5.91 Å². The van der Waals surface area contributed by atoms with Crippen LogP contribution in [-0.4, -0.2) is 26.1 Å². The molecule has 0 spiro atoms. The average molecular weight is 457 g/mol. The number of halogens is 1. The van der Waals surface area contributed by atoms with Gasteiger partial charge in [0.05, 0.1) is 18.5 Å². The summed E-state index contributed by atoms with van der Waals surface area (Å²) in [5, 5.41) is 3.35. The minimum atomic E-state index is -3.64. The largest absolute Gasteiger partial charge is 0.347 e. The van der Waals surface area contributed by atoms with Crippen molar-refractivity contribution in [2.75, 3.05) is 10.6 Å². The van der Waals surface area contributed by atoms with E-state index in [0.29, 0.717) is 16.8 Å². The minimum Gasteiger partial charge on any atom is -0.347 e. The number of nitrogens with one attached hydrogen (secondary N) is 1. The van der Waals surface area contributed by atoms with Gasteiger partial charge in [-0.1, -0.05) is 18.2 Å². The lowest BCUT2D eigenvalue weighted by Gasteiger charge is -2.56. The van der Waals surface area contributed by atoms with Crippen LogP contribution in [0.3, 0.4) is 0 Å². The molecule has 0 unspecified atom stereocenters. The summed E-state index contributed by atoms with van der Waals surface area (Å²) in [6.45, 7) is -0.107. The van der Waals surface area contributed by atoms with Gasteiger partial charge in [-0.25, -0.2) is 12.8 Å². The third-order valence-electron chi connectivity index (χ3n) is 7.51. The molecule has 1 N–H and O–H groups in total. The van der Waals surface area contributed by atoms with Crippen LogP contribution in [0.15, 0.2) is 48.5 Å². The normalized spacial score (nSPS) is 28.5. The predicted molar refractivity (Wildman–Crippen MR) is 122 cm³/mol. The van der Waals surface area contributed by atoms with E-state index in [1.807, 2.05) is 0 Å². The summed E-state index contributed by atoms with van der Waals surface area (Å²) in [6, 6.07) is 12.7. The molecule has 4 aliphatic rings. The quantitative estimate of drug-likeness (QED) is 0.697. The highest BCUT2D eigenvalue weighted by molar-refractivity contribution is 7.92. The molecule has 2 aromatic carbocycles. The Kier molecular flexibility index (Phi) is 5.27. The van der Waals surface area contributed by atoms with Gasteiger partial charge in [0.15, 0.2) is 0 Å². The van der Waals surface area contributed by atoms with E-state index in [0.717, 1.165) is 47.6 Å². The summed E-state index contributed by atoms with van der Waals surface area (Å²) < 4.78 is 40.1. The SMILES string of the molecule is CS(=O)(=O)N(Cc1ccccc1F)c1ccc(C(=O)NC23CC4CC(CC(C4)C2)C3)cc1. The van der Waals surface area contributed by atoms with E-state index in [4.69, 9.17) is 0 Å². The molecule has 0 saturated heterocycles. The Balaban J connectivity index is 1.33. The average Bonchev–Trinajstić information content (AvgIpc) is 2.71. The first-order valence-corrected chi connectivity index (χ1v) is 13.2. The fraction of sp³-hybridized carbons (Fsp3) is 0.480. The molecule has 5 nitrogen and oxygen atoms in total. The number of amides is 1. The molecule has 170 valence electrons. The summed E-state index contributed by atoms with van der Waals surface area (Å²) in [6.07, 6.45) is 8.27. The number of benzene rings is 2. The van der Waals surface area contributed by atoms with Crippen molar-refractivity contribution in [1.29, 1.82) is 0 Å². The number of rotatable bonds is 6. The number of sulfonamides is 1. The van der Waals surface area contributed by atoms with Crippen molar-refractivity contribution in [2.24, 2.45) is 17.8 Å². The summed E-state index contributed by atoms with van der Waals surface area (Å²) in [5.74, 6) is 1.67. The monoisotopic (exact) mass is 456 g/mol. The maximum absolute atomic E-state index is 14.1. The molecule has 4 fully saturated rings. The molecule has 0 heterocycles. The summed E-state index contributed by atoms with van der Waals surface area (Å²) >= 11 is 0. The number of carbonyl (C=O) groups is 1. The maximum atomic E-state index is 14.1. The first-order chi connectivity index (χ1) is 15.2. The first kappa shape index (κ1) is 21.4. The molecule has 4 saturated carbocycles. The second kappa shape index (κ2) is 7.87. The highest BCUT2D eigenvalue weighted by atomic mass is 32.2. The minimum absolute atomic E-state index is 0.0753. The van der Waals surface area contributed by atoms with Gasteiger partial charge in [-0.05, 0) is 86.6 Å². The van der Waals surface area contributed by atoms with E-state index in [2.05, 4.69) is 5.32 Å². The van der Waals surface area contributed by atoms with Crippen LogP contribution in [0.5, 0.6) is 0 Å². The van der Waals surface area contributed by atoms with Gasteiger partial charge in [0, 0.05) is 16.7 Å². The molecule has 4 bridgehead atoms. The first-order valence-electron chi connectivity index (χ1n) is 11.3. The van der Waals surface area contributed by atoms with E-state index in [9.17, 15) is 17.6 Å². The van der Waals surface area contributed by atoms with Crippen molar-refractivity contribution in [3.8, 4) is 0 Å². The molecule has 4 aliphatic carbocycles. The molecule has 0 atom stereocenters. The number of hydrogen-bond acceptors (Lipinski definition) is 3. The number of nitrogens with zero attached hydrogens (tertiary/aromatic N) is 1. The number of hydrogen-bond donors (Lipinski definition) is 1. The number of carbonyl (C=O) groups excluding carboxylic acids is 1. The van der Waals surface area contributed by atoms with Gasteiger partial charge >= 0.3 is 0 Å². The highest BCUT2D eigenvalue weighted by Crippen LogP contribution is 2.55. The van der Waals surface area contributed by atoms with Gasteiger partial charge in [-0.3, -0.25) is 9.10 Å². The molecule has 2 aromatic rings. The Morgan fingerprint density at radius 2 is 1.56 bits per heavy atom. The summed E-state index contributed by atoms with van der Waals surface area (Å²) in [4.78, 5) is 13.1.